The molecule has 0 saturated heterocycles. The Kier molecular flexibility index (Phi) is 6.07. The zero-order valence-electron chi connectivity index (χ0n) is 15.4. The molecule has 0 aliphatic carbocycles. The standard InChI is InChI=1S/C19H20BrN3O4S/c1-14-18(20)19(24)23(22(14)2)15-8-10-17(11-9-15)28(25,26)21-12-13-27-16-6-4-3-5-7-16/h3-11,21H,12-13H2,1-2H3. The van der Waals surface area contributed by atoms with Crippen LogP contribution in [0.15, 0.2) is 68.8 Å². The summed E-state index contributed by atoms with van der Waals surface area (Å²) in [6.07, 6.45) is 0. The number of nitrogens with zero attached hydrogens (tertiary/aromatic N) is 2. The molecule has 2 aromatic carbocycles. The molecule has 0 unspecified atom stereocenters. The SMILES string of the molecule is Cc1c(Br)c(=O)n(-c2ccc(S(=O)(=O)NCCOc3ccccc3)cc2)n1C. The molecule has 7 nitrogen and oxygen atoms in total. The minimum absolute atomic E-state index is 0.119. The zero-order chi connectivity index (χ0) is 20.3. The van der Waals surface area contributed by atoms with Gasteiger partial charge >= 0.3 is 0 Å². The second-order valence-electron chi connectivity index (χ2n) is 6.09. The normalized spacial score (nSPS) is 11.5. The Balaban J connectivity index is 1.68. The predicted octanol–water partition coefficient (Wildman–Crippen LogP) is 2.60. The molecule has 1 heterocycles. The maximum atomic E-state index is 12.4. The van der Waals surface area contributed by atoms with Crippen LogP contribution in [0.1, 0.15) is 5.69 Å². The molecular formula is C19H20BrN3O4S. The molecule has 0 radical (unpaired) electrons. The number of para-hydroxylation sites is 1. The highest BCUT2D eigenvalue weighted by atomic mass is 79.9. The van der Waals surface area contributed by atoms with Gasteiger partial charge in [-0.05, 0) is 59.3 Å². The van der Waals surface area contributed by atoms with Crippen LogP contribution in [-0.2, 0) is 17.1 Å². The maximum absolute atomic E-state index is 12.4. The Hall–Kier alpha value is -2.36. The van der Waals surface area contributed by atoms with Gasteiger partial charge in [0, 0.05) is 13.6 Å². The molecule has 9 heteroatoms. The molecule has 0 aliphatic rings. The van der Waals surface area contributed by atoms with Crippen molar-refractivity contribution in [2.24, 2.45) is 7.05 Å². The van der Waals surface area contributed by atoms with Crippen LogP contribution in [0.3, 0.4) is 0 Å². The number of hydrogen-bond acceptors (Lipinski definition) is 4. The minimum Gasteiger partial charge on any atom is -0.492 e. The molecule has 1 N–H and O–H groups in total. The average molecular weight is 466 g/mol. The summed E-state index contributed by atoms with van der Waals surface area (Å²) in [5, 5.41) is 0. The summed E-state index contributed by atoms with van der Waals surface area (Å²) >= 11 is 3.27. The fourth-order valence-electron chi connectivity index (χ4n) is 2.68. The largest absolute Gasteiger partial charge is 0.492 e. The average Bonchev–Trinajstić information content (AvgIpc) is 2.89. The third-order valence-electron chi connectivity index (χ3n) is 4.28. The number of halogens is 1. The third-order valence-corrected chi connectivity index (χ3v) is 6.67. The zero-order valence-corrected chi connectivity index (χ0v) is 17.8. The molecule has 0 spiro atoms. The van der Waals surface area contributed by atoms with Gasteiger partial charge in [-0.1, -0.05) is 18.2 Å². The smallest absolute Gasteiger partial charge is 0.285 e. The van der Waals surface area contributed by atoms with Gasteiger partial charge in [-0.2, -0.15) is 0 Å². The van der Waals surface area contributed by atoms with Crippen LogP contribution in [0, 0.1) is 6.92 Å². The van der Waals surface area contributed by atoms with Gasteiger partial charge in [0.1, 0.15) is 16.8 Å². The first-order valence-corrected chi connectivity index (χ1v) is 10.8. The number of ether oxygens (including phenoxy) is 1. The number of rotatable bonds is 7. The van der Waals surface area contributed by atoms with Crippen molar-refractivity contribution in [3.05, 3.63) is 75.1 Å². The number of benzene rings is 2. The van der Waals surface area contributed by atoms with Crippen molar-refractivity contribution in [2.75, 3.05) is 13.2 Å². The highest BCUT2D eigenvalue weighted by Crippen LogP contribution is 2.17. The van der Waals surface area contributed by atoms with Gasteiger partial charge in [-0.25, -0.2) is 17.8 Å². The molecule has 0 saturated carbocycles. The van der Waals surface area contributed by atoms with E-state index < -0.39 is 10.0 Å². The van der Waals surface area contributed by atoms with Gasteiger partial charge < -0.3 is 4.74 Å². The lowest BCUT2D eigenvalue weighted by atomic mass is 10.3. The quantitative estimate of drug-likeness (QED) is 0.543. The first-order chi connectivity index (χ1) is 13.3. The molecule has 0 fully saturated rings. The lowest BCUT2D eigenvalue weighted by Crippen LogP contribution is -2.28. The van der Waals surface area contributed by atoms with Gasteiger partial charge in [0.05, 0.1) is 16.3 Å². The van der Waals surface area contributed by atoms with E-state index in [1.54, 1.807) is 36.0 Å². The monoisotopic (exact) mass is 465 g/mol. The minimum atomic E-state index is -3.67. The van der Waals surface area contributed by atoms with Crippen LogP contribution < -0.4 is 15.0 Å². The van der Waals surface area contributed by atoms with Gasteiger partial charge in [-0.3, -0.25) is 9.48 Å². The summed E-state index contributed by atoms with van der Waals surface area (Å²) in [5.41, 5.74) is 1.15. The van der Waals surface area contributed by atoms with E-state index in [1.165, 1.54) is 16.8 Å². The molecule has 0 bridgehead atoms. The van der Waals surface area contributed by atoms with Crippen LogP contribution in [-0.4, -0.2) is 30.9 Å². The van der Waals surface area contributed by atoms with E-state index in [0.717, 1.165) is 5.69 Å². The Morgan fingerprint density at radius 2 is 1.71 bits per heavy atom. The highest BCUT2D eigenvalue weighted by Gasteiger charge is 2.16. The maximum Gasteiger partial charge on any atom is 0.285 e. The van der Waals surface area contributed by atoms with Crippen molar-refractivity contribution in [1.29, 1.82) is 0 Å². The summed E-state index contributed by atoms with van der Waals surface area (Å²) in [6, 6.07) is 15.3. The molecule has 3 aromatic rings. The molecule has 3 rings (SSSR count). The van der Waals surface area contributed by atoms with Crippen LogP contribution in [0.2, 0.25) is 0 Å². The second kappa shape index (κ2) is 8.34. The van der Waals surface area contributed by atoms with Crippen LogP contribution in [0.4, 0.5) is 0 Å². The summed E-state index contributed by atoms with van der Waals surface area (Å²) in [4.78, 5) is 12.5. The lowest BCUT2D eigenvalue weighted by molar-refractivity contribution is 0.323. The van der Waals surface area contributed by atoms with E-state index in [-0.39, 0.29) is 23.6 Å². The summed E-state index contributed by atoms with van der Waals surface area (Å²) in [7, 11) is -1.91. The Labute approximate surface area is 171 Å². The number of hydrogen-bond donors (Lipinski definition) is 1. The number of nitrogens with one attached hydrogen (secondary N) is 1. The molecule has 28 heavy (non-hydrogen) atoms. The second-order valence-corrected chi connectivity index (χ2v) is 8.65. The van der Waals surface area contributed by atoms with Crippen molar-refractivity contribution in [3.63, 3.8) is 0 Å². The van der Waals surface area contributed by atoms with E-state index in [9.17, 15) is 13.2 Å². The fraction of sp³-hybridized carbons (Fsp3) is 0.211. The van der Waals surface area contributed by atoms with E-state index in [1.807, 2.05) is 25.1 Å². The summed E-state index contributed by atoms with van der Waals surface area (Å²) in [5.74, 6) is 0.681. The van der Waals surface area contributed by atoms with Crippen LogP contribution in [0.5, 0.6) is 5.75 Å². The fourth-order valence-corrected chi connectivity index (χ4v) is 4.12. The summed E-state index contributed by atoms with van der Waals surface area (Å²) in [6.45, 7) is 2.18. The van der Waals surface area contributed by atoms with Gasteiger partial charge in [-0.15, -0.1) is 0 Å². The van der Waals surface area contributed by atoms with Crippen molar-refractivity contribution in [2.45, 2.75) is 11.8 Å². The molecule has 0 atom stereocenters. The van der Waals surface area contributed by atoms with Gasteiger partial charge in [0.15, 0.2) is 0 Å². The first-order valence-electron chi connectivity index (χ1n) is 8.53. The molecule has 0 aliphatic heterocycles. The predicted molar refractivity (Wildman–Crippen MR) is 111 cm³/mol. The van der Waals surface area contributed by atoms with E-state index in [2.05, 4.69) is 20.7 Å². The number of sulfonamides is 1. The number of aromatic nitrogens is 2. The van der Waals surface area contributed by atoms with Crippen molar-refractivity contribution < 1.29 is 13.2 Å². The Bertz CT molecular complexity index is 1120. The van der Waals surface area contributed by atoms with Gasteiger partial charge in [0.2, 0.25) is 10.0 Å². The molecule has 1 aromatic heterocycles. The first kappa shape index (κ1) is 20.4. The van der Waals surface area contributed by atoms with Crippen molar-refractivity contribution in [3.8, 4) is 11.4 Å². The molecular weight excluding hydrogens is 446 g/mol. The lowest BCUT2D eigenvalue weighted by Gasteiger charge is -2.11. The molecule has 0 amide bonds. The topological polar surface area (TPSA) is 82.3 Å². The third kappa shape index (κ3) is 4.21. The highest BCUT2D eigenvalue weighted by molar-refractivity contribution is 9.10. The van der Waals surface area contributed by atoms with E-state index >= 15 is 0 Å². The Morgan fingerprint density at radius 1 is 1.07 bits per heavy atom. The van der Waals surface area contributed by atoms with Crippen LogP contribution >= 0.6 is 15.9 Å². The van der Waals surface area contributed by atoms with Crippen molar-refractivity contribution >= 4 is 26.0 Å². The van der Waals surface area contributed by atoms with E-state index in [4.69, 9.17) is 4.74 Å². The van der Waals surface area contributed by atoms with Crippen LogP contribution in [0.25, 0.3) is 5.69 Å². The van der Waals surface area contributed by atoms with Crippen molar-refractivity contribution in [1.82, 2.24) is 14.1 Å². The van der Waals surface area contributed by atoms with Gasteiger partial charge in [0.25, 0.3) is 5.56 Å². The summed E-state index contributed by atoms with van der Waals surface area (Å²) < 4.78 is 36.5. The molecule has 148 valence electrons. The Morgan fingerprint density at radius 3 is 2.29 bits per heavy atom. The van der Waals surface area contributed by atoms with E-state index in [0.29, 0.717) is 15.9 Å².